The molecule has 0 saturated heterocycles. The minimum absolute atomic E-state index is 0.313. The summed E-state index contributed by atoms with van der Waals surface area (Å²) in [4.78, 5) is 2.21. The number of hydrogen-bond acceptors (Lipinski definition) is 2. The molecule has 0 aliphatic rings. The number of aryl methyl sites for hydroxylation is 1. The molecule has 0 saturated carbocycles. The molecule has 0 atom stereocenters. The molecule has 0 bridgehead atoms. The van der Waals surface area contributed by atoms with E-state index in [4.69, 9.17) is 0 Å². The quantitative estimate of drug-likeness (QED) is 0.883. The van der Waals surface area contributed by atoms with Gasteiger partial charge in [0.25, 0.3) is 0 Å². The Morgan fingerprint density at radius 2 is 1.68 bits per heavy atom. The van der Waals surface area contributed by atoms with E-state index in [-0.39, 0.29) is 0 Å². The van der Waals surface area contributed by atoms with Crippen LogP contribution in [-0.4, -0.2) is 30.6 Å². The first-order valence-electron chi connectivity index (χ1n) is 6.68. The molecule has 0 fully saturated rings. The third-order valence-electron chi connectivity index (χ3n) is 3.20. The molecule has 0 aliphatic heterocycles. The van der Waals surface area contributed by atoms with Gasteiger partial charge in [-0.05, 0) is 62.3 Å². The molecule has 2 aromatic rings. The molecule has 2 nitrogen and oxygen atoms in total. The molecule has 0 heterocycles. The lowest BCUT2D eigenvalue weighted by Crippen LogP contribution is -2.13. The summed E-state index contributed by atoms with van der Waals surface area (Å²) in [6, 6.07) is 16.0. The van der Waals surface area contributed by atoms with Crippen molar-refractivity contribution in [2.24, 2.45) is 0 Å². The highest BCUT2D eigenvalue weighted by Gasteiger charge is 2.00. The highest BCUT2D eigenvalue weighted by Crippen LogP contribution is 2.23. The second-order valence-corrected chi connectivity index (χ2v) is 5.15. The van der Waals surface area contributed by atoms with Crippen LogP contribution >= 0.6 is 0 Å². The summed E-state index contributed by atoms with van der Waals surface area (Å²) < 4.78 is 0. The third-order valence-corrected chi connectivity index (χ3v) is 3.20. The second kappa shape index (κ2) is 6.39. The monoisotopic (exact) mass is 255 g/mol. The predicted octanol–water partition coefficient (Wildman–Crippen LogP) is 3.55. The predicted molar refractivity (Wildman–Crippen MR) is 80.4 cm³/mol. The van der Waals surface area contributed by atoms with Gasteiger partial charge in [0.1, 0.15) is 5.75 Å². The molecule has 0 aliphatic carbocycles. The summed E-state index contributed by atoms with van der Waals surface area (Å²) in [5.41, 5.74) is 3.57. The van der Waals surface area contributed by atoms with Gasteiger partial charge in [-0.15, -0.1) is 0 Å². The van der Waals surface area contributed by atoms with Crippen LogP contribution in [0.2, 0.25) is 0 Å². The zero-order valence-electron chi connectivity index (χ0n) is 11.6. The maximum atomic E-state index is 9.49. The van der Waals surface area contributed by atoms with Crippen molar-refractivity contribution in [3.8, 4) is 16.9 Å². The molecule has 2 aromatic carbocycles. The van der Waals surface area contributed by atoms with Gasteiger partial charge in [-0.1, -0.05) is 36.4 Å². The highest BCUT2D eigenvalue weighted by molar-refractivity contribution is 5.65. The van der Waals surface area contributed by atoms with Gasteiger partial charge in [0, 0.05) is 0 Å². The number of benzene rings is 2. The van der Waals surface area contributed by atoms with E-state index < -0.39 is 0 Å². The molecule has 19 heavy (non-hydrogen) atoms. The zero-order chi connectivity index (χ0) is 13.7. The Labute approximate surface area is 115 Å². The summed E-state index contributed by atoms with van der Waals surface area (Å²) >= 11 is 0. The second-order valence-electron chi connectivity index (χ2n) is 5.15. The molecule has 0 unspecified atom stereocenters. The summed E-state index contributed by atoms with van der Waals surface area (Å²) in [6.45, 7) is 1.12. The molecule has 0 radical (unpaired) electrons. The molecule has 2 heteroatoms. The summed E-state index contributed by atoms with van der Waals surface area (Å²) in [7, 11) is 4.20. The van der Waals surface area contributed by atoms with Crippen molar-refractivity contribution in [3.05, 3.63) is 54.1 Å². The number of phenolic OH excluding ortho intramolecular Hbond substituents is 1. The number of phenols is 1. The maximum Gasteiger partial charge on any atom is 0.116 e. The van der Waals surface area contributed by atoms with Crippen LogP contribution in [-0.2, 0) is 6.42 Å². The fourth-order valence-corrected chi connectivity index (χ4v) is 2.15. The lowest BCUT2D eigenvalue weighted by atomic mass is 10.0. The standard InChI is InChI=1S/C17H21NO/c1-18(2)12-4-5-14-8-10-15(11-9-14)16-6-3-7-17(19)13-16/h3,6-11,13,19H,4-5,12H2,1-2H3. The first-order valence-corrected chi connectivity index (χ1v) is 6.68. The Morgan fingerprint density at radius 3 is 2.32 bits per heavy atom. The van der Waals surface area contributed by atoms with Crippen LogP contribution in [0.25, 0.3) is 11.1 Å². The number of hydrogen-bond donors (Lipinski definition) is 1. The Balaban J connectivity index is 2.02. The SMILES string of the molecule is CN(C)CCCc1ccc(-c2cccc(O)c2)cc1. The molecule has 2 rings (SSSR count). The van der Waals surface area contributed by atoms with Crippen molar-refractivity contribution in [1.29, 1.82) is 0 Å². The minimum Gasteiger partial charge on any atom is -0.508 e. The van der Waals surface area contributed by atoms with Gasteiger partial charge in [0.15, 0.2) is 0 Å². The van der Waals surface area contributed by atoms with Gasteiger partial charge >= 0.3 is 0 Å². The van der Waals surface area contributed by atoms with Crippen LogP contribution in [0.1, 0.15) is 12.0 Å². The fraction of sp³-hybridized carbons (Fsp3) is 0.294. The van der Waals surface area contributed by atoms with Gasteiger partial charge in [0.05, 0.1) is 0 Å². The minimum atomic E-state index is 0.313. The van der Waals surface area contributed by atoms with Gasteiger partial charge in [0.2, 0.25) is 0 Å². The van der Waals surface area contributed by atoms with Crippen molar-refractivity contribution in [2.45, 2.75) is 12.8 Å². The Morgan fingerprint density at radius 1 is 0.947 bits per heavy atom. The molecule has 1 N–H and O–H groups in total. The molecular formula is C17H21NO. The average Bonchev–Trinajstić information content (AvgIpc) is 2.39. The van der Waals surface area contributed by atoms with Gasteiger partial charge in [-0.2, -0.15) is 0 Å². The van der Waals surface area contributed by atoms with Crippen LogP contribution in [0.15, 0.2) is 48.5 Å². The van der Waals surface area contributed by atoms with Crippen molar-refractivity contribution in [3.63, 3.8) is 0 Å². The van der Waals surface area contributed by atoms with Gasteiger partial charge in [-0.3, -0.25) is 0 Å². The van der Waals surface area contributed by atoms with Crippen LogP contribution in [0, 0.1) is 0 Å². The van der Waals surface area contributed by atoms with E-state index >= 15 is 0 Å². The molecule has 0 aromatic heterocycles. The van der Waals surface area contributed by atoms with E-state index in [1.807, 2.05) is 12.1 Å². The Bertz CT molecular complexity index is 517. The lowest BCUT2D eigenvalue weighted by Gasteiger charge is -2.09. The van der Waals surface area contributed by atoms with Crippen molar-refractivity contribution >= 4 is 0 Å². The van der Waals surface area contributed by atoms with E-state index in [0.29, 0.717) is 5.75 Å². The van der Waals surface area contributed by atoms with Crippen LogP contribution < -0.4 is 0 Å². The van der Waals surface area contributed by atoms with Crippen molar-refractivity contribution in [1.82, 2.24) is 4.90 Å². The van der Waals surface area contributed by atoms with Crippen LogP contribution in [0.5, 0.6) is 5.75 Å². The Kier molecular flexibility index (Phi) is 4.58. The summed E-state index contributed by atoms with van der Waals surface area (Å²) in [5.74, 6) is 0.313. The smallest absolute Gasteiger partial charge is 0.116 e. The zero-order valence-corrected chi connectivity index (χ0v) is 11.6. The van der Waals surface area contributed by atoms with E-state index in [9.17, 15) is 5.11 Å². The Hall–Kier alpha value is -1.80. The van der Waals surface area contributed by atoms with E-state index in [2.05, 4.69) is 43.3 Å². The number of aromatic hydroxyl groups is 1. The first kappa shape index (κ1) is 13.6. The lowest BCUT2D eigenvalue weighted by molar-refractivity contribution is 0.400. The molecule has 100 valence electrons. The van der Waals surface area contributed by atoms with Gasteiger partial charge in [-0.25, -0.2) is 0 Å². The van der Waals surface area contributed by atoms with E-state index in [1.165, 1.54) is 12.0 Å². The normalized spacial score (nSPS) is 10.9. The van der Waals surface area contributed by atoms with Crippen molar-refractivity contribution in [2.75, 3.05) is 20.6 Å². The fourth-order valence-electron chi connectivity index (χ4n) is 2.15. The highest BCUT2D eigenvalue weighted by atomic mass is 16.3. The van der Waals surface area contributed by atoms with Crippen LogP contribution in [0.4, 0.5) is 0 Å². The third kappa shape index (κ3) is 4.11. The maximum absolute atomic E-state index is 9.49. The average molecular weight is 255 g/mol. The van der Waals surface area contributed by atoms with E-state index in [1.54, 1.807) is 12.1 Å². The number of nitrogens with zero attached hydrogens (tertiary/aromatic N) is 1. The van der Waals surface area contributed by atoms with Gasteiger partial charge < -0.3 is 10.0 Å². The molecule has 0 amide bonds. The van der Waals surface area contributed by atoms with E-state index in [0.717, 1.165) is 24.1 Å². The molecular weight excluding hydrogens is 234 g/mol. The topological polar surface area (TPSA) is 23.5 Å². The summed E-state index contributed by atoms with van der Waals surface area (Å²) in [6.07, 6.45) is 2.29. The number of rotatable bonds is 5. The largest absolute Gasteiger partial charge is 0.508 e. The summed E-state index contributed by atoms with van der Waals surface area (Å²) in [5, 5.41) is 9.49. The van der Waals surface area contributed by atoms with Crippen molar-refractivity contribution < 1.29 is 5.11 Å². The van der Waals surface area contributed by atoms with Crippen LogP contribution in [0.3, 0.4) is 0 Å². The first-order chi connectivity index (χ1) is 9.15. The molecule has 0 spiro atoms.